The van der Waals surface area contributed by atoms with E-state index < -0.39 is 30.1 Å². The highest BCUT2D eigenvalue weighted by atomic mass is 19.1. The molecule has 1 aliphatic rings. The van der Waals surface area contributed by atoms with Gasteiger partial charge in [0.05, 0.1) is 24.7 Å². The van der Waals surface area contributed by atoms with Gasteiger partial charge in [0.15, 0.2) is 0 Å². The van der Waals surface area contributed by atoms with Gasteiger partial charge in [-0.3, -0.25) is 4.79 Å². The summed E-state index contributed by atoms with van der Waals surface area (Å²) >= 11 is 0. The van der Waals surface area contributed by atoms with Gasteiger partial charge in [-0.15, -0.1) is 0 Å². The van der Waals surface area contributed by atoms with Crippen molar-refractivity contribution < 1.29 is 28.2 Å². The highest BCUT2D eigenvalue weighted by Gasteiger charge is 2.39. The van der Waals surface area contributed by atoms with Gasteiger partial charge >= 0.3 is 11.9 Å². The lowest BCUT2D eigenvalue weighted by atomic mass is 9.82. The van der Waals surface area contributed by atoms with Gasteiger partial charge in [-0.25, -0.2) is 9.18 Å². The smallest absolute Gasteiger partial charge is 0.338 e. The SMILES string of the molecule is CCOC(=O)CC1=C(C(=O)OCC)[C@@H](c2ccccc2F)C(C#N)=C(N)O1. The number of rotatable bonds is 6. The minimum absolute atomic E-state index is 0.0418. The Balaban J connectivity index is 2.66. The summed E-state index contributed by atoms with van der Waals surface area (Å²) in [5.41, 5.74) is 5.57. The molecule has 0 amide bonds. The van der Waals surface area contributed by atoms with Crippen molar-refractivity contribution in [3.05, 3.63) is 58.4 Å². The van der Waals surface area contributed by atoms with Crippen LogP contribution in [0.5, 0.6) is 0 Å². The van der Waals surface area contributed by atoms with Gasteiger partial charge in [-0.2, -0.15) is 5.26 Å². The average Bonchev–Trinajstić information content (AvgIpc) is 2.62. The van der Waals surface area contributed by atoms with E-state index in [0.29, 0.717) is 0 Å². The van der Waals surface area contributed by atoms with E-state index >= 15 is 0 Å². The molecule has 1 atom stereocenters. The minimum Gasteiger partial charge on any atom is -0.466 e. The third-order valence-corrected chi connectivity index (χ3v) is 3.82. The van der Waals surface area contributed by atoms with Crippen LogP contribution in [0.1, 0.15) is 31.7 Å². The van der Waals surface area contributed by atoms with Gasteiger partial charge in [0.1, 0.15) is 29.6 Å². The van der Waals surface area contributed by atoms with Crippen molar-refractivity contribution in [1.29, 1.82) is 5.26 Å². The number of carbonyl (C=O) groups is 2. The van der Waals surface area contributed by atoms with Gasteiger partial charge in [-0.05, 0) is 19.9 Å². The molecule has 1 aliphatic heterocycles. The number of esters is 2. The van der Waals surface area contributed by atoms with E-state index in [2.05, 4.69) is 0 Å². The Morgan fingerprint density at radius 3 is 2.52 bits per heavy atom. The maximum absolute atomic E-state index is 14.5. The number of benzene rings is 1. The summed E-state index contributed by atoms with van der Waals surface area (Å²) in [5, 5.41) is 9.51. The van der Waals surface area contributed by atoms with Gasteiger partial charge in [-0.1, -0.05) is 18.2 Å². The normalized spacial score (nSPS) is 16.4. The van der Waals surface area contributed by atoms with Crippen molar-refractivity contribution in [3.63, 3.8) is 0 Å². The molecule has 0 bridgehead atoms. The van der Waals surface area contributed by atoms with Crippen LogP contribution in [0.4, 0.5) is 4.39 Å². The molecule has 0 spiro atoms. The third kappa shape index (κ3) is 4.26. The first-order valence-electron chi connectivity index (χ1n) is 8.32. The fourth-order valence-electron chi connectivity index (χ4n) is 2.75. The molecule has 0 unspecified atom stereocenters. The Bertz CT molecular complexity index is 854. The molecule has 2 N–H and O–H groups in total. The van der Waals surface area contributed by atoms with Crippen molar-refractivity contribution in [2.75, 3.05) is 13.2 Å². The zero-order valence-corrected chi connectivity index (χ0v) is 15.0. The maximum Gasteiger partial charge on any atom is 0.338 e. The van der Waals surface area contributed by atoms with Crippen molar-refractivity contribution in [3.8, 4) is 6.07 Å². The van der Waals surface area contributed by atoms with Crippen LogP contribution in [-0.2, 0) is 23.8 Å². The highest BCUT2D eigenvalue weighted by molar-refractivity contribution is 5.93. The van der Waals surface area contributed by atoms with E-state index in [1.165, 1.54) is 18.2 Å². The Morgan fingerprint density at radius 1 is 1.26 bits per heavy atom. The molecule has 0 radical (unpaired) electrons. The molecule has 0 aromatic heterocycles. The molecule has 7 nitrogen and oxygen atoms in total. The van der Waals surface area contributed by atoms with Crippen LogP contribution in [0.3, 0.4) is 0 Å². The van der Waals surface area contributed by atoms with E-state index in [1.54, 1.807) is 19.9 Å². The molecule has 142 valence electrons. The monoisotopic (exact) mass is 374 g/mol. The van der Waals surface area contributed by atoms with Gasteiger partial charge in [0.25, 0.3) is 0 Å². The van der Waals surface area contributed by atoms with E-state index in [9.17, 15) is 19.2 Å². The molecule has 1 heterocycles. The number of nitrogens with two attached hydrogens (primary N) is 1. The lowest BCUT2D eigenvalue weighted by molar-refractivity contribution is -0.143. The molecule has 27 heavy (non-hydrogen) atoms. The number of ether oxygens (including phenoxy) is 3. The standard InChI is InChI=1S/C19H19FN2O5/c1-3-25-15(23)9-14-17(19(24)26-4-2)16(12(10-21)18(22)27-14)11-7-5-6-8-13(11)20/h5-8,16H,3-4,9,22H2,1-2H3/t16-/m0/s1. The number of hydrogen-bond donors (Lipinski definition) is 1. The summed E-state index contributed by atoms with van der Waals surface area (Å²) < 4.78 is 29.8. The quantitative estimate of drug-likeness (QED) is 0.761. The molecule has 2 rings (SSSR count). The molecule has 0 saturated carbocycles. The first kappa shape index (κ1) is 20.0. The summed E-state index contributed by atoms with van der Waals surface area (Å²) in [7, 11) is 0. The lowest BCUT2D eigenvalue weighted by Crippen LogP contribution is -2.28. The first-order chi connectivity index (χ1) is 12.9. The van der Waals surface area contributed by atoms with Crippen molar-refractivity contribution in [1.82, 2.24) is 0 Å². The zero-order chi connectivity index (χ0) is 20.0. The molecule has 0 aliphatic carbocycles. The summed E-state index contributed by atoms with van der Waals surface area (Å²) in [5.74, 6) is -3.72. The Kier molecular flexibility index (Phi) is 6.55. The largest absolute Gasteiger partial charge is 0.466 e. The summed E-state index contributed by atoms with van der Waals surface area (Å²) in [6, 6.07) is 7.53. The third-order valence-electron chi connectivity index (χ3n) is 3.82. The number of carbonyl (C=O) groups excluding carboxylic acids is 2. The second kappa shape index (κ2) is 8.85. The second-order valence-electron chi connectivity index (χ2n) is 5.49. The number of halogens is 1. The zero-order valence-electron chi connectivity index (χ0n) is 15.0. The number of nitriles is 1. The molecular formula is C19H19FN2O5. The number of nitrogens with zero attached hydrogens (tertiary/aromatic N) is 1. The lowest BCUT2D eigenvalue weighted by Gasteiger charge is -2.28. The Labute approximate surface area is 155 Å². The predicted octanol–water partition coefficient (Wildman–Crippen LogP) is 2.40. The molecule has 8 heteroatoms. The van der Waals surface area contributed by atoms with Crippen LogP contribution in [0, 0.1) is 17.1 Å². The minimum atomic E-state index is -1.16. The van der Waals surface area contributed by atoms with Gasteiger partial charge < -0.3 is 19.9 Å². The molecule has 0 saturated heterocycles. The van der Waals surface area contributed by atoms with Crippen LogP contribution >= 0.6 is 0 Å². The van der Waals surface area contributed by atoms with E-state index in [-0.39, 0.29) is 41.6 Å². The molecule has 0 fully saturated rings. The molecular weight excluding hydrogens is 355 g/mol. The Morgan fingerprint density at radius 2 is 1.93 bits per heavy atom. The number of allylic oxidation sites excluding steroid dienone is 1. The second-order valence-corrected chi connectivity index (χ2v) is 5.49. The molecule has 1 aromatic carbocycles. The Hall–Kier alpha value is -3.34. The van der Waals surface area contributed by atoms with Crippen LogP contribution in [-0.4, -0.2) is 25.2 Å². The average molecular weight is 374 g/mol. The van der Waals surface area contributed by atoms with E-state index in [1.807, 2.05) is 6.07 Å². The fraction of sp³-hybridized carbons (Fsp3) is 0.316. The number of hydrogen-bond acceptors (Lipinski definition) is 7. The predicted molar refractivity (Wildman–Crippen MR) is 92.0 cm³/mol. The van der Waals surface area contributed by atoms with Gasteiger partial charge in [0, 0.05) is 5.56 Å². The van der Waals surface area contributed by atoms with Crippen molar-refractivity contribution in [2.24, 2.45) is 5.73 Å². The fourth-order valence-corrected chi connectivity index (χ4v) is 2.75. The van der Waals surface area contributed by atoms with Crippen molar-refractivity contribution in [2.45, 2.75) is 26.2 Å². The summed E-state index contributed by atoms with van der Waals surface area (Å²) in [6.07, 6.45) is -0.410. The summed E-state index contributed by atoms with van der Waals surface area (Å²) in [4.78, 5) is 24.5. The van der Waals surface area contributed by atoms with Crippen LogP contribution in [0.2, 0.25) is 0 Å². The molecule has 1 aromatic rings. The first-order valence-corrected chi connectivity index (χ1v) is 8.32. The van der Waals surface area contributed by atoms with Gasteiger partial charge in [0.2, 0.25) is 5.88 Å². The topological polar surface area (TPSA) is 112 Å². The van der Waals surface area contributed by atoms with E-state index in [0.717, 1.165) is 0 Å². The van der Waals surface area contributed by atoms with E-state index in [4.69, 9.17) is 19.9 Å². The van der Waals surface area contributed by atoms with Crippen molar-refractivity contribution >= 4 is 11.9 Å². The van der Waals surface area contributed by atoms with Crippen LogP contribution in [0.25, 0.3) is 0 Å². The highest BCUT2D eigenvalue weighted by Crippen LogP contribution is 2.41. The van der Waals surface area contributed by atoms with Crippen LogP contribution in [0.15, 0.2) is 47.1 Å². The maximum atomic E-state index is 14.5. The summed E-state index contributed by atoms with van der Waals surface area (Å²) in [6.45, 7) is 3.40. The van der Waals surface area contributed by atoms with Crippen LogP contribution < -0.4 is 5.73 Å².